The van der Waals surface area contributed by atoms with Crippen molar-refractivity contribution in [3.63, 3.8) is 0 Å². The van der Waals surface area contributed by atoms with Crippen molar-refractivity contribution < 1.29 is 81.0 Å². The van der Waals surface area contributed by atoms with Gasteiger partial charge in [-0.25, -0.2) is 0 Å². The van der Waals surface area contributed by atoms with Crippen LogP contribution in [-0.2, 0) is 135 Å². The molecule has 0 aliphatic carbocycles. The van der Waals surface area contributed by atoms with Crippen LogP contribution >= 0.6 is 11.8 Å². The van der Waals surface area contributed by atoms with Crippen molar-refractivity contribution in [1.82, 2.24) is 0 Å². The molecular weight excluding hydrogens is 1310 g/mol. The first-order chi connectivity index (χ1) is 50.4. The van der Waals surface area contributed by atoms with Gasteiger partial charge in [0.2, 0.25) is 0 Å². The number of aliphatic hydroxyl groups excluding tert-OH is 1. The minimum atomic E-state index is -1.24. The smallest absolute Gasteiger partial charge is 0.315 e. The van der Waals surface area contributed by atoms with E-state index in [1.807, 2.05) is 273 Å². The maximum atomic E-state index is 13.2. The predicted molar refractivity (Wildman–Crippen MR) is 385 cm³/mol. The molecule has 17 nitrogen and oxygen atoms in total. The summed E-state index contributed by atoms with van der Waals surface area (Å²) in [6, 6.07) is 88.9. The lowest BCUT2D eigenvalue weighted by molar-refractivity contribution is -0.356. The maximum Gasteiger partial charge on any atom is 0.315 e. The molecule has 0 aromatic heterocycles. The molecule has 3 saturated heterocycles. The molecule has 3 aliphatic rings. The van der Waals surface area contributed by atoms with Crippen LogP contribution in [0.2, 0.25) is 0 Å². The van der Waals surface area contributed by atoms with Crippen molar-refractivity contribution in [3.05, 3.63) is 323 Å². The molecule has 12 rings (SSSR count). The van der Waals surface area contributed by atoms with E-state index in [0.29, 0.717) is 0 Å². The van der Waals surface area contributed by atoms with E-state index in [-0.39, 0.29) is 78.4 Å². The second-order valence-electron chi connectivity index (χ2n) is 25.2. The summed E-state index contributed by atoms with van der Waals surface area (Å²) in [7, 11) is 1.36. The normalized spacial score (nSPS) is 25.0. The van der Waals surface area contributed by atoms with E-state index in [1.54, 1.807) is 0 Å². The summed E-state index contributed by atoms with van der Waals surface area (Å²) in [5.41, 5.74) is 7.40. The summed E-state index contributed by atoms with van der Waals surface area (Å²) in [5.74, 6) is -0.501. The third-order valence-corrected chi connectivity index (χ3v) is 19.1. The molecule has 0 unspecified atom stereocenters. The number of hydrogen-bond acceptors (Lipinski definition) is 18. The molecule has 534 valence electrons. The zero-order valence-corrected chi connectivity index (χ0v) is 58.0. The number of methoxy groups -OCH3 is 1. The lowest BCUT2D eigenvalue weighted by Gasteiger charge is -2.49. The first-order valence-electron chi connectivity index (χ1n) is 34.8. The molecule has 15 atom stereocenters. The van der Waals surface area contributed by atoms with Crippen LogP contribution in [0.1, 0.15) is 50.1 Å². The molecular formula is C84H90O17S. The number of aliphatic hydroxyl groups is 1. The minimum Gasteiger partial charge on any atom is -0.468 e. The quantitative estimate of drug-likeness (QED) is 0.0364. The Balaban J connectivity index is 0.925. The molecule has 0 amide bonds. The summed E-state index contributed by atoms with van der Waals surface area (Å²) < 4.78 is 105. The second kappa shape index (κ2) is 39.7. The van der Waals surface area contributed by atoms with Gasteiger partial charge in [0.25, 0.3) is 0 Å². The van der Waals surface area contributed by atoms with Crippen LogP contribution in [0.5, 0.6) is 0 Å². The number of carbonyl (C=O) groups excluding carboxylic acids is 1. The Morgan fingerprint density at radius 1 is 0.294 bits per heavy atom. The van der Waals surface area contributed by atoms with Crippen LogP contribution < -0.4 is 0 Å². The summed E-state index contributed by atoms with van der Waals surface area (Å²) in [4.78, 5) is 13.2. The molecule has 102 heavy (non-hydrogen) atoms. The largest absolute Gasteiger partial charge is 0.468 e. The van der Waals surface area contributed by atoms with Crippen molar-refractivity contribution in [2.75, 3.05) is 32.7 Å². The van der Waals surface area contributed by atoms with E-state index < -0.39 is 104 Å². The first-order valence-corrected chi connectivity index (χ1v) is 35.8. The highest BCUT2D eigenvalue weighted by Gasteiger charge is 2.54. The molecule has 3 fully saturated rings. The van der Waals surface area contributed by atoms with Crippen molar-refractivity contribution in [2.24, 2.45) is 0 Å². The standard InChI is InChI=1S/C84H90O17S/c1-87-72(86)59-102-84-81(96-56-68-45-27-10-28-46-68)78(93-53-65-39-21-7-22-40-65)75(90-50-62-33-15-4-16-34-62)71(101-84)58-98-83-80(95-55-67-43-25-9-26-44-67)77(92-52-64-37-19-6-20-38-64)74(89-49-61-31-13-3-14-32-61)70(100-83)57-97-82-79(94-54-66-41-23-8-24-42-66)76(91-51-63-35-17-5-18-36-63)73(69(47-85)99-82)88-48-60-29-11-2-12-30-60/h2-46,69-71,73-85H,47-59H2,1H3/t69-,70-,71-,73-,74-,75-,76+,77+,78+,79-,80-,81-,82+,83+,84-/m1/s1. The SMILES string of the molecule is COC(=O)CS[C@H]1O[C@H](CO[C@H]2O[C@H](CO[C@H]3O[C@H](CO)[C@@H](OCc4ccccc4)[C@H](OCc4ccccc4)[C@H]3OCc3ccccc3)[C@@H](OCc3ccccc3)[C@H](OCc3ccccc3)[C@H]2OCc2ccccc2)[C@@H](OCc2ccccc2)[C@H](OCc2ccccc2)[C@H]1OCc1ccccc1. The number of esters is 1. The van der Waals surface area contributed by atoms with E-state index in [9.17, 15) is 9.90 Å². The van der Waals surface area contributed by atoms with E-state index in [0.717, 1.165) is 50.1 Å². The number of thioether (sulfide) groups is 1. The highest BCUT2D eigenvalue weighted by Crippen LogP contribution is 2.39. The Morgan fingerprint density at radius 3 is 0.794 bits per heavy atom. The van der Waals surface area contributed by atoms with Crippen LogP contribution in [0.3, 0.4) is 0 Å². The highest BCUT2D eigenvalue weighted by molar-refractivity contribution is 8.00. The van der Waals surface area contributed by atoms with Crippen molar-refractivity contribution in [1.29, 1.82) is 0 Å². The van der Waals surface area contributed by atoms with Crippen LogP contribution in [0.25, 0.3) is 0 Å². The number of rotatable bonds is 37. The third-order valence-electron chi connectivity index (χ3n) is 18.0. The maximum absolute atomic E-state index is 13.2. The molecule has 0 spiro atoms. The number of carbonyl (C=O) groups is 1. The van der Waals surface area contributed by atoms with Gasteiger partial charge in [-0.05, 0) is 50.1 Å². The third kappa shape index (κ3) is 21.7. The number of ether oxygens (including phenoxy) is 15. The molecule has 0 saturated carbocycles. The average Bonchev–Trinajstić information content (AvgIpc) is 0.786. The number of hydrogen-bond donors (Lipinski definition) is 1. The van der Waals surface area contributed by atoms with E-state index in [2.05, 4.69) is 0 Å². The fourth-order valence-corrected chi connectivity index (χ4v) is 13.7. The molecule has 3 heterocycles. The average molecular weight is 1400 g/mol. The minimum absolute atomic E-state index is 0.0579. The van der Waals surface area contributed by atoms with Gasteiger partial charge < -0.3 is 76.2 Å². The summed E-state index contributed by atoms with van der Waals surface area (Å²) in [5, 5.41) is 11.4. The number of benzene rings is 9. The van der Waals surface area contributed by atoms with E-state index in [1.165, 1.54) is 18.9 Å². The Bertz CT molecular complexity index is 3770. The Labute approximate surface area is 602 Å². The van der Waals surface area contributed by atoms with Gasteiger partial charge in [0.15, 0.2) is 12.6 Å². The molecule has 0 bridgehead atoms. The fraction of sp³-hybridized carbons (Fsp3) is 0.345. The lowest BCUT2D eigenvalue weighted by atomic mass is 9.96. The Morgan fingerprint density at radius 2 is 0.520 bits per heavy atom. The van der Waals surface area contributed by atoms with E-state index >= 15 is 0 Å². The van der Waals surface area contributed by atoms with Gasteiger partial charge in [0.05, 0.1) is 92.1 Å². The first kappa shape index (κ1) is 73.9. The van der Waals surface area contributed by atoms with Crippen molar-refractivity contribution >= 4 is 17.7 Å². The molecule has 18 heteroatoms. The van der Waals surface area contributed by atoms with Gasteiger partial charge in [-0.3, -0.25) is 4.79 Å². The zero-order valence-electron chi connectivity index (χ0n) is 57.2. The monoisotopic (exact) mass is 1400 g/mol. The summed E-state index contributed by atoms with van der Waals surface area (Å²) in [6.45, 7) is 0.745. The Hall–Kier alpha value is -7.80. The molecule has 9 aromatic rings. The van der Waals surface area contributed by atoms with Crippen LogP contribution in [-0.4, -0.2) is 135 Å². The van der Waals surface area contributed by atoms with Crippen molar-refractivity contribution in [3.8, 4) is 0 Å². The molecule has 9 aromatic carbocycles. The van der Waals surface area contributed by atoms with Crippen LogP contribution in [0.15, 0.2) is 273 Å². The highest BCUT2D eigenvalue weighted by atomic mass is 32.2. The van der Waals surface area contributed by atoms with Gasteiger partial charge in [-0.2, -0.15) is 0 Å². The second-order valence-corrected chi connectivity index (χ2v) is 26.3. The van der Waals surface area contributed by atoms with Gasteiger partial charge >= 0.3 is 5.97 Å². The van der Waals surface area contributed by atoms with Crippen LogP contribution in [0.4, 0.5) is 0 Å². The van der Waals surface area contributed by atoms with Gasteiger partial charge in [-0.15, -0.1) is 11.8 Å². The lowest BCUT2D eigenvalue weighted by Crippen LogP contribution is -2.64. The van der Waals surface area contributed by atoms with E-state index in [4.69, 9.17) is 71.1 Å². The van der Waals surface area contributed by atoms with Gasteiger partial charge in [-0.1, -0.05) is 273 Å². The topological polar surface area (TPSA) is 176 Å². The Kier molecular flexibility index (Phi) is 28.8. The molecule has 0 radical (unpaired) electrons. The fourth-order valence-electron chi connectivity index (χ4n) is 12.6. The van der Waals surface area contributed by atoms with Crippen LogP contribution in [0, 0.1) is 0 Å². The summed E-state index contributed by atoms with van der Waals surface area (Å²) >= 11 is 1.25. The molecule has 1 N–H and O–H groups in total. The van der Waals surface area contributed by atoms with Crippen molar-refractivity contribution in [2.45, 2.75) is 151 Å². The summed E-state index contributed by atoms with van der Waals surface area (Å²) in [6.07, 6.45) is -13.3. The predicted octanol–water partition coefficient (Wildman–Crippen LogP) is 13.4. The zero-order chi connectivity index (χ0) is 69.8. The molecule has 3 aliphatic heterocycles. The van der Waals surface area contributed by atoms with Gasteiger partial charge in [0, 0.05) is 0 Å². The van der Waals surface area contributed by atoms with Gasteiger partial charge in [0.1, 0.15) is 78.7 Å².